The Morgan fingerprint density at radius 2 is 0.478 bits per heavy atom. The highest BCUT2D eigenvalue weighted by molar-refractivity contribution is 7.49. The fourth-order valence-corrected chi connectivity index (χ4v) is 14.8. The molecule has 33 nitrogen and oxygen atoms in total. The van der Waals surface area contributed by atoms with E-state index in [2.05, 4.69) is 4.52 Å². The number of aliphatic hydroxyl groups excluding tert-OH is 1. The average Bonchev–Trinajstić information content (AvgIpc) is 1.70. The molecule has 0 bridgehead atoms. The van der Waals surface area contributed by atoms with E-state index in [1.165, 1.54) is 43.4 Å². The largest absolute Gasteiger partial charge is 0.472 e. The van der Waals surface area contributed by atoms with Gasteiger partial charge in [-0.05, 0) is 46.6 Å². The van der Waals surface area contributed by atoms with Crippen molar-refractivity contribution in [1.82, 2.24) is 0 Å². The van der Waals surface area contributed by atoms with Gasteiger partial charge in [0.2, 0.25) is 0 Å². The summed E-state index contributed by atoms with van der Waals surface area (Å²) in [5.41, 5.74) is -5.85. The van der Waals surface area contributed by atoms with Crippen LogP contribution in [-0.4, -0.2) is 157 Å². The van der Waals surface area contributed by atoms with Crippen molar-refractivity contribution in [2.75, 3.05) is 113 Å². The van der Waals surface area contributed by atoms with Crippen LogP contribution in [0.2, 0.25) is 0 Å². The molecule has 0 aliphatic heterocycles. The fraction of sp³-hybridized carbons (Fsp3) is 0.644. The summed E-state index contributed by atoms with van der Waals surface area (Å²) in [6, 6.07) is 0. The Hall–Kier alpha value is -0.0800. The van der Waals surface area contributed by atoms with Crippen molar-refractivity contribution in [3.05, 3.63) is 91.0 Å². The summed E-state index contributed by atoms with van der Waals surface area (Å²) < 4.78 is 185. The molecule has 90 heavy (non-hydrogen) atoms. The first kappa shape index (κ1) is 82.3. The van der Waals surface area contributed by atoms with E-state index in [1.54, 1.807) is 12.2 Å². The van der Waals surface area contributed by atoms with E-state index in [-0.39, 0.29) is 32.3 Å². The number of phosphoric ester groups is 8. The van der Waals surface area contributed by atoms with Gasteiger partial charge in [-0.1, -0.05) is 98.4 Å². The molecule has 4 aliphatic carbocycles. The monoisotopic (exact) mass is 1530 g/mol. The first-order valence-electron chi connectivity index (χ1n) is 25.9. The molecular formula is C45H72Cl4O33P8. The Labute approximate surface area is 538 Å². The van der Waals surface area contributed by atoms with Crippen molar-refractivity contribution >= 4 is 109 Å². The number of aliphatic hydroxyl groups is 1. The van der Waals surface area contributed by atoms with Crippen LogP contribution >= 0.6 is 109 Å². The van der Waals surface area contributed by atoms with Gasteiger partial charge in [-0.25, -0.2) is 36.5 Å². The summed E-state index contributed by atoms with van der Waals surface area (Å²) in [7, 11) is -40.3. The molecule has 0 saturated carbocycles. The second-order valence-corrected chi connectivity index (χ2v) is 35.6. The first-order chi connectivity index (χ1) is 41.3. The smallest absolute Gasteiger partial charge is 0.396 e. The van der Waals surface area contributed by atoms with Crippen molar-refractivity contribution in [2.45, 2.75) is 53.4 Å². The molecule has 9 N–H and O–H groups in total. The van der Waals surface area contributed by atoms with E-state index in [1.807, 2.05) is 0 Å². The molecule has 518 valence electrons. The van der Waals surface area contributed by atoms with E-state index < -0.39 is 183 Å². The molecule has 0 amide bonds. The summed E-state index contributed by atoms with van der Waals surface area (Å²) in [6.07, 6.45) is 13.0. The summed E-state index contributed by atoms with van der Waals surface area (Å²) in [4.78, 5) is 84.7. The number of hydrogen-bond acceptors (Lipinski definition) is 25. The molecule has 4 rings (SSSR count). The highest BCUT2D eigenvalue weighted by atomic mass is 35.5. The summed E-state index contributed by atoms with van der Waals surface area (Å²) in [6.45, 7) is -9.42. The Morgan fingerprint density at radius 3 is 0.633 bits per heavy atom. The number of halogens is 4. The van der Waals surface area contributed by atoms with Crippen LogP contribution < -0.4 is 0 Å². The Balaban J connectivity index is 1.50. The van der Waals surface area contributed by atoms with Crippen LogP contribution in [0.25, 0.3) is 0 Å². The van der Waals surface area contributed by atoms with Crippen LogP contribution in [0.15, 0.2) is 91.0 Å². The SMILES string of the molecule is COP(=O)(O)OCC(C)(COP(=O)(O)OCC1=CC=C(Cl)C1)COP(=O)(O)OCC(C)(COP(=O)(O)OCC1=CC=C(Cl)C1)COP(=O)(O)OCC(C)(COP(=O)(O)OCC1=CC=C(Cl)C1)COP(=O)(O)OCC(C)(CO)COP(=O)(O)OCC1=CC=C(Cl)C1. The predicted molar refractivity (Wildman–Crippen MR) is 321 cm³/mol. The van der Waals surface area contributed by atoms with Crippen LogP contribution in [-0.2, 0) is 109 Å². The van der Waals surface area contributed by atoms with Crippen LogP contribution in [0.4, 0.5) is 0 Å². The van der Waals surface area contributed by atoms with Crippen molar-refractivity contribution in [3.8, 4) is 0 Å². The van der Waals surface area contributed by atoms with Crippen LogP contribution in [0.5, 0.6) is 0 Å². The number of allylic oxidation sites excluding steroid dienone is 12. The summed E-state index contributed by atoms with van der Waals surface area (Å²) >= 11 is 23.8. The normalized spacial score (nSPS) is 23.5. The molecule has 0 saturated heterocycles. The number of phosphoric acid groups is 8. The molecule has 0 aromatic heterocycles. The number of hydrogen-bond donors (Lipinski definition) is 9. The van der Waals surface area contributed by atoms with E-state index >= 15 is 0 Å². The summed E-state index contributed by atoms with van der Waals surface area (Å²) in [5.74, 6) is 0. The van der Waals surface area contributed by atoms with Crippen molar-refractivity contribution in [3.63, 3.8) is 0 Å². The molecule has 45 heteroatoms. The lowest BCUT2D eigenvalue weighted by Crippen LogP contribution is -2.36. The lowest BCUT2D eigenvalue weighted by molar-refractivity contribution is -0.0182. The zero-order chi connectivity index (χ0) is 67.7. The molecule has 0 heterocycles. The lowest BCUT2D eigenvalue weighted by Gasteiger charge is -2.33. The fourth-order valence-electron chi connectivity index (χ4n) is 6.66. The van der Waals surface area contributed by atoms with Gasteiger partial charge in [0.15, 0.2) is 0 Å². The molecule has 0 fully saturated rings. The first-order valence-corrected chi connectivity index (χ1v) is 39.4. The van der Waals surface area contributed by atoms with E-state index in [9.17, 15) is 80.8 Å². The molecular weight excluding hydrogens is 1460 g/mol. The zero-order valence-electron chi connectivity index (χ0n) is 48.7. The highest BCUT2D eigenvalue weighted by Gasteiger charge is 2.43. The number of rotatable bonds is 47. The maximum absolute atomic E-state index is 13.8. The standard InChI is InChI=1S/C45H72Cl4O33P8/c1-42(22-50,23-73-84(53,54)68-18-34-6-10-38(46)14-34)24-74-88(61,62)78-30-44(3,27-76-86(57,58)70-20-36-8-12-40(48)16-36)31-81-90(65,66)82-33-45(4,28-77-87(59,60)71-21-37-9-13-41(49)17-37)32-80-89(63,64)79-29-43(2,25-72-83(51,52)67-5)26-75-85(55,56)69-19-35-7-11-39(47)15-35/h6-13,50H,14-33H2,1-5H3,(H,51,52)(H,53,54)(H,55,56)(H,57,58)(H,59,60)(H,61,62)(H,63,64)(H,65,66). The molecule has 12 unspecified atom stereocenters. The zero-order valence-corrected chi connectivity index (χ0v) is 58.9. The minimum Gasteiger partial charge on any atom is -0.396 e. The minimum absolute atomic E-state index is 0.160. The van der Waals surface area contributed by atoms with Crippen LogP contribution in [0, 0.1) is 21.7 Å². The predicted octanol–water partition coefficient (Wildman–Crippen LogP) is 10.5. The Morgan fingerprint density at radius 1 is 0.311 bits per heavy atom. The van der Waals surface area contributed by atoms with Gasteiger partial charge in [-0.2, -0.15) is 0 Å². The molecule has 0 spiro atoms. The van der Waals surface area contributed by atoms with Gasteiger partial charge >= 0.3 is 62.6 Å². The molecule has 0 aromatic carbocycles. The van der Waals surface area contributed by atoms with Gasteiger partial charge in [-0.3, -0.25) is 72.4 Å². The molecule has 0 radical (unpaired) electrons. The van der Waals surface area contributed by atoms with Gasteiger partial charge in [0, 0.05) is 74.6 Å². The second-order valence-electron chi connectivity index (χ2n) is 21.9. The second kappa shape index (κ2) is 35.1. The molecule has 12 atom stereocenters. The van der Waals surface area contributed by atoms with Crippen LogP contribution in [0.3, 0.4) is 0 Å². The summed E-state index contributed by atoms with van der Waals surface area (Å²) in [5, 5.41) is 11.8. The minimum atomic E-state index is -5.56. The van der Waals surface area contributed by atoms with E-state index in [4.69, 9.17) is 114 Å². The average molecular weight is 1530 g/mol. The van der Waals surface area contributed by atoms with E-state index in [0.717, 1.165) is 27.9 Å². The maximum atomic E-state index is 13.8. The van der Waals surface area contributed by atoms with Crippen molar-refractivity contribution in [1.29, 1.82) is 0 Å². The highest BCUT2D eigenvalue weighted by Crippen LogP contribution is 2.55. The topological polar surface area (TPSA) is 466 Å². The molecule has 0 aromatic rings. The Kier molecular flexibility index (Phi) is 32.1. The quantitative estimate of drug-likeness (QED) is 0.0256. The third kappa shape index (κ3) is 32.5. The maximum Gasteiger partial charge on any atom is 0.472 e. The van der Waals surface area contributed by atoms with Gasteiger partial charge in [-0.15, -0.1) is 0 Å². The molecule has 4 aliphatic rings. The Bertz CT molecular complexity index is 3170. The third-order valence-electron chi connectivity index (χ3n) is 12.2. The van der Waals surface area contributed by atoms with E-state index in [0.29, 0.717) is 42.4 Å². The van der Waals surface area contributed by atoms with Gasteiger partial charge in [0.05, 0.1) is 106 Å². The third-order valence-corrected chi connectivity index (χ3v) is 20.5. The van der Waals surface area contributed by atoms with Crippen molar-refractivity contribution in [2.24, 2.45) is 21.7 Å². The van der Waals surface area contributed by atoms with Gasteiger partial charge in [0.1, 0.15) is 0 Å². The van der Waals surface area contributed by atoms with Crippen molar-refractivity contribution < 1.29 is 153 Å². The van der Waals surface area contributed by atoms with Gasteiger partial charge < -0.3 is 44.3 Å². The van der Waals surface area contributed by atoms with Crippen LogP contribution in [0.1, 0.15) is 53.4 Å². The lowest BCUT2D eigenvalue weighted by atomic mass is 9.95. The van der Waals surface area contributed by atoms with Gasteiger partial charge in [0.25, 0.3) is 0 Å².